The van der Waals surface area contributed by atoms with E-state index in [0.29, 0.717) is 23.2 Å². The number of primary amides is 1. The predicted molar refractivity (Wildman–Crippen MR) is 306 cm³/mol. The van der Waals surface area contributed by atoms with Crippen LogP contribution < -0.4 is 59.7 Å². The number of aliphatic imine (C=N–C) groups is 1. The molecule has 458 valence electrons. The molecule has 0 spiro atoms. The number of likely N-dealkylation sites (tertiary alicyclic amines) is 1. The maximum Gasteiger partial charge on any atom is 0.245 e. The van der Waals surface area contributed by atoms with E-state index < -0.39 is 133 Å². The maximum absolute atomic E-state index is 14.5. The van der Waals surface area contributed by atoms with Gasteiger partial charge in [0.2, 0.25) is 59.1 Å². The lowest BCUT2D eigenvalue weighted by Gasteiger charge is -2.30. The minimum atomic E-state index is -1.72. The van der Waals surface area contributed by atoms with Gasteiger partial charge in [0.05, 0.1) is 32.1 Å². The first-order valence-corrected chi connectivity index (χ1v) is 28.0. The molecule has 6 rings (SSSR count). The molecule has 0 bridgehead atoms. The molecule has 2 aliphatic heterocycles. The molecule has 2 saturated heterocycles. The van der Waals surface area contributed by atoms with Crippen LogP contribution in [0.15, 0.2) is 72.2 Å². The molecule has 0 unspecified atom stereocenters. The zero-order chi connectivity index (χ0) is 61.7. The number of nitrogens with one attached hydrogen (secondary N) is 10. The van der Waals surface area contributed by atoms with Gasteiger partial charge >= 0.3 is 0 Å². The van der Waals surface area contributed by atoms with Gasteiger partial charge in [0.25, 0.3) is 0 Å². The van der Waals surface area contributed by atoms with E-state index >= 15 is 0 Å². The van der Waals surface area contributed by atoms with Gasteiger partial charge in [0, 0.05) is 73.7 Å². The fourth-order valence-electron chi connectivity index (χ4n) is 10.1. The predicted octanol–water partition coefficient (Wildman–Crippen LogP) is -3.30. The number of phenolic OH excluding ortho intramolecular Hbond substituents is 1. The number of fused-ring (bicyclic) bond motifs is 1. The Morgan fingerprint density at radius 3 is 2.15 bits per heavy atom. The summed E-state index contributed by atoms with van der Waals surface area (Å²) in [4.78, 5) is 164. The molecule has 10 amide bonds. The lowest BCUT2D eigenvalue weighted by atomic mass is 9.89. The Kier molecular flexibility index (Phi) is 23.8. The van der Waals surface area contributed by atoms with E-state index in [4.69, 9.17) is 17.2 Å². The van der Waals surface area contributed by atoms with E-state index in [9.17, 15) is 63.0 Å². The second kappa shape index (κ2) is 31.3. The number of hydrogen-bond donors (Lipinski definition) is 15. The van der Waals surface area contributed by atoms with Crippen LogP contribution in [-0.2, 0) is 72.0 Å². The lowest BCUT2D eigenvalue weighted by Crippen LogP contribution is -2.58. The Balaban J connectivity index is 1.16. The molecular weight excluding hydrogens is 1100 g/mol. The molecule has 2 fully saturated rings. The molecule has 18 N–H and O–H groups in total. The number of carbonyl (C=O) groups excluding carboxylic acids is 11. The number of para-hydroxylation sites is 1. The molecule has 2 aromatic heterocycles. The first kappa shape index (κ1) is 64.8. The zero-order valence-electron chi connectivity index (χ0n) is 47.3. The van der Waals surface area contributed by atoms with Crippen molar-refractivity contribution in [2.24, 2.45) is 34.0 Å². The van der Waals surface area contributed by atoms with Crippen LogP contribution in [0.5, 0.6) is 5.75 Å². The summed E-state index contributed by atoms with van der Waals surface area (Å²) in [5, 5.41) is 42.0. The number of nitrogens with zero attached hydrogens (tertiary/aromatic N) is 3. The number of aromatic nitrogens is 3. The highest BCUT2D eigenvalue weighted by atomic mass is 16.3. The summed E-state index contributed by atoms with van der Waals surface area (Å²) in [5.41, 5.74) is 18.5. The molecule has 29 nitrogen and oxygen atoms in total. The van der Waals surface area contributed by atoms with Crippen LogP contribution >= 0.6 is 0 Å². The smallest absolute Gasteiger partial charge is 0.245 e. The Morgan fingerprint density at radius 2 is 1.48 bits per heavy atom. The Hall–Kier alpha value is -9.41. The number of imidazole rings is 1. The molecule has 8 atom stereocenters. The van der Waals surface area contributed by atoms with Crippen LogP contribution in [0.3, 0.4) is 0 Å². The summed E-state index contributed by atoms with van der Waals surface area (Å²) >= 11 is 0. The molecule has 0 aliphatic carbocycles. The number of aliphatic hydroxyl groups is 1. The highest BCUT2D eigenvalue weighted by Gasteiger charge is 2.39. The fourth-order valence-corrected chi connectivity index (χ4v) is 10.1. The number of benzene rings is 2. The highest BCUT2D eigenvalue weighted by Crippen LogP contribution is 2.25. The largest absolute Gasteiger partial charge is 0.508 e. The van der Waals surface area contributed by atoms with Gasteiger partial charge in [-0.1, -0.05) is 44.2 Å². The van der Waals surface area contributed by atoms with E-state index in [1.807, 2.05) is 18.2 Å². The van der Waals surface area contributed by atoms with Crippen molar-refractivity contribution in [1.29, 1.82) is 0 Å². The number of H-pyrrole nitrogens is 2. The average Bonchev–Trinajstić information content (AvgIpc) is 4.32. The summed E-state index contributed by atoms with van der Waals surface area (Å²) in [7, 11) is 0. The summed E-state index contributed by atoms with van der Waals surface area (Å²) in [6.45, 7) is 1.67. The Morgan fingerprint density at radius 1 is 0.765 bits per heavy atom. The summed E-state index contributed by atoms with van der Waals surface area (Å²) in [6.07, 6.45) is 5.09. The quantitative estimate of drug-likeness (QED) is 0.0129. The zero-order valence-corrected chi connectivity index (χ0v) is 47.3. The molecule has 0 radical (unpaired) electrons. The van der Waals surface area contributed by atoms with Crippen LogP contribution in [0.2, 0.25) is 0 Å². The number of guanidine groups is 1. The van der Waals surface area contributed by atoms with Crippen molar-refractivity contribution >= 4 is 81.7 Å². The molecule has 29 heteroatoms. The average molecular weight is 1180 g/mol. The molecule has 2 aromatic carbocycles. The third-order valence-electron chi connectivity index (χ3n) is 14.4. The number of amides is 10. The number of rotatable bonds is 32. The van der Waals surface area contributed by atoms with E-state index in [2.05, 4.69) is 62.5 Å². The van der Waals surface area contributed by atoms with Crippen molar-refractivity contribution in [3.63, 3.8) is 0 Å². The van der Waals surface area contributed by atoms with Gasteiger partial charge in [-0.05, 0) is 80.2 Å². The van der Waals surface area contributed by atoms with Gasteiger partial charge < -0.3 is 84.8 Å². The SMILES string of the molecule is CC(C)C[C@H](NC(=O)CNC(=O)[C@H](Cc1ccc(O)cc1)NC(=O)[C@H](CO)NC(=O)[C@@H](CC(=O)[C@H](Cc1cnc[nH]1)NC(=O)[C@@H]1CCC(=O)N1)Cc1c[nH]c2ccccc12)C(=O)N[C@@H](CCCN=C(N)N)C(=O)N1CCC[C@H]1C(=O)NCC(N)=O. The number of phenols is 1. The number of hydrogen-bond acceptors (Lipinski definition) is 15. The molecule has 2 aliphatic rings. The van der Waals surface area contributed by atoms with Gasteiger partial charge in [0.15, 0.2) is 11.7 Å². The van der Waals surface area contributed by atoms with Crippen LogP contribution in [0.4, 0.5) is 0 Å². The number of aliphatic hydroxyl groups excluding tert-OH is 1. The molecule has 85 heavy (non-hydrogen) atoms. The van der Waals surface area contributed by atoms with Gasteiger partial charge in [-0.25, -0.2) is 4.98 Å². The third kappa shape index (κ3) is 19.6. The monoisotopic (exact) mass is 1180 g/mol. The van der Waals surface area contributed by atoms with E-state index in [-0.39, 0.29) is 94.4 Å². The minimum Gasteiger partial charge on any atom is -0.508 e. The van der Waals surface area contributed by atoms with Gasteiger partial charge in [0.1, 0.15) is 42.0 Å². The first-order chi connectivity index (χ1) is 40.6. The number of Topliss-reactive ketones (excluding diaryl/α,β-unsaturated/α-hetero) is 1. The fraction of sp³-hybridized carbons (Fsp3) is 0.482. The normalized spacial score (nSPS) is 16.8. The number of aromatic hydroxyl groups is 1. The number of ketones is 1. The van der Waals surface area contributed by atoms with Gasteiger partial charge in [-0.2, -0.15) is 0 Å². The number of aromatic amines is 2. The standard InChI is InChI=1S/C56H76N16O13/c1-30(2)19-41(52(82)68-39(9-5-17-61-56(58)59)55(85)72-18-6-10-44(72)54(84)63-26-46(57)76)67-48(78)27-64-50(80)42(20-31-11-13-35(74)14-12-31)70-53(83)43(28-73)71-49(79)32(21-33-24-62-37-8-4-3-7-36(33)37)22-45(75)40(23-34-25-60-29-65-34)69-51(81)38-15-16-47(77)66-38/h3-4,7-8,11-14,24-25,29-30,32,38-44,62,73-74H,5-6,9-10,15-23,26-28H2,1-2H3,(H2,57,76)(H,60,65)(H,63,84)(H,64,80)(H,66,77)(H,67,78)(H,68,82)(H,69,81)(H,70,83)(H,71,79)(H4,58,59,61)/t32-,38+,39+,40+,41+,42+,43+,44+/m1/s1. The molecular formula is C56H76N16O13. The van der Waals surface area contributed by atoms with Crippen LogP contribution in [0.25, 0.3) is 10.9 Å². The second-order valence-electron chi connectivity index (χ2n) is 21.5. The topological polar surface area (TPSA) is 463 Å². The number of nitrogens with two attached hydrogens (primary N) is 3. The highest BCUT2D eigenvalue weighted by molar-refractivity contribution is 5.99. The molecule has 4 aromatic rings. The third-order valence-corrected chi connectivity index (χ3v) is 14.4. The van der Waals surface area contributed by atoms with Crippen molar-refractivity contribution in [3.05, 3.63) is 84.1 Å². The molecule has 4 heterocycles. The van der Waals surface area contributed by atoms with Gasteiger partial charge in [-0.15, -0.1) is 0 Å². The van der Waals surface area contributed by atoms with Gasteiger partial charge in [-0.3, -0.25) is 57.7 Å². The number of carbonyl (C=O) groups is 11. The lowest BCUT2D eigenvalue weighted by molar-refractivity contribution is -0.142. The molecule has 0 saturated carbocycles. The Labute approximate surface area is 489 Å². The van der Waals surface area contributed by atoms with E-state index in [1.165, 1.54) is 41.7 Å². The summed E-state index contributed by atoms with van der Waals surface area (Å²) in [6, 6.07) is 4.16. The summed E-state index contributed by atoms with van der Waals surface area (Å²) in [5.74, 6) is -9.59. The van der Waals surface area contributed by atoms with Crippen molar-refractivity contribution in [2.75, 3.05) is 32.8 Å². The van der Waals surface area contributed by atoms with Crippen LogP contribution in [-0.4, -0.2) is 176 Å². The van der Waals surface area contributed by atoms with Crippen molar-refractivity contribution in [1.82, 2.24) is 62.4 Å². The van der Waals surface area contributed by atoms with Crippen molar-refractivity contribution in [3.8, 4) is 5.75 Å². The second-order valence-corrected chi connectivity index (χ2v) is 21.5. The van der Waals surface area contributed by atoms with Crippen molar-refractivity contribution < 1.29 is 63.0 Å². The Bertz CT molecular complexity index is 3050. The first-order valence-electron chi connectivity index (χ1n) is 28.0. The van der Waals surface area contributed by atoms with Crippen LogP contribution in [0, 0.1) is 11.8 Å². The minimum absolute atomic E-state index is 0.0187. The van der Waals surface area contributed by atoms with E-state index in [0.717, 1.165) is 10.9 Å². The van der Waals surface area contributed by atoms with E-state index in [1.54, 1.807) is 26.1 Å². The maximum atomic E-state index is 14.5. The van der Waals surface area contributed by atoms with Crippen LogP contribution in [0.1, 0.15) is 82.0 Å². The van der Waals surface area contributed by atoms with Crippen molar-refractivity contribution in [2.45, 2.75) is 127 Å². The summed E-state index contributed by atoms with van der Waals surface area (Å²) < 4.78 is 0.